The number of hydrogen-bond donors (Lipinski definition) is 1. The summed E-state index contributed by atoms with van der Waals surface area (Å²) in [6, 6.07) is 5.72. The quantitative estimate of drug-likeness (QED) is 0.572. The van der Waals surface area contributed by atoms with Crippen molar-refractivity contribution in [2.75, 3.05) is 0 Å². The molecule has 1 N–H and O–H groups in total. The van der Waals surface area contributed by atoms with Gasteiger partial charge in [0.1, 0.15) is 6.10 Å². The van der Waals surface area contributed by atoms with Gasteiger partial charge in [0.15, 0.2) is 11.6 Å². The van der Waals surface area contributed by atoms with Crippen molar-refractivity contribution in [3.63, 3.8) is 0 Å². The molecule has 3 aromatic rings. The summed E-state index contributed by atoms with van der Waals surface area (Å²) in [5.74, 6) is 1.06. The second-order valence-electron chi connectivity index (χ2n) is 5.41. The zero-order valence-electron chi connectivity index (χ0n) is 12.6. The Labute approximate surface area is 144 Å². The van der Waals surface area contributed by atoms with E-state index in [2.05, 4.69) is 15.1 Å². The molecular weight excluding hydrogens is 337 g/mol. The van der Waals surface area contributed by atoms with Crippen LogP contribution in [0.1, 0.15) is 30.2 Å². The number of aromatic nitrogens is 5. The topological polar surface area (TPSA) is 68.8 Å². The zero-order chi connectivity index (χ0) is 15.4. The molecule has 6 nitrogen and oxygen atoms in total. The fourth-order valence-electron chi connectivity index (χ4n) is 2.77. The Morgan fingerprint density at radius 1 is 1.35 bits per heavy atom. The SMILES string of the molecule is Cc1ncn2c1Cn1nc(C(C)O)nc1-c1c(Cl)cccc1-2.Cl. The lowest BCUT2D eigenvalue weighted by atomic mass is 10.1. The Morgan fingerprint density at radius 3 is 2.87 bits per heavy atom. The summed E-state index contributed by atoms with van der Waals surface area (Å²) in [6.07, 6.45) is 1.07. The molecule has 2 aromatic heterocycles. The lowest BCUT2D eigenvalue weighted by Gasteiger charge is -2.09. The summed E-state index contributed by atoms with van der Waals surface area (Å²) < 4.78 is 3.80. The van der Waals surface area contributed by atoms with Crippen LogP contribution in [0.4, 0.5) is 0 Å². The lowest BCUT2D eigenvalue weighted by molar-refractivity contribution is 0.188. The van der Waals surface area contributed by atoms with Gasteiger partial charge in [0.2, 0.25) is 0 Å². The number of aliphatic hydroxyl groups is 1. The van der Waals surface area contributed by atoms with E-state index in [0.29, 0.717) is 23.2 Å². The highest BCUT2D eigenvalue weighted by molar-refractivity contribution is 6.33. The van der Waals surface area contributed by atoms with Crippen molar-refractivity contribution in [3.8, 4) is 17.1 Å². The van der Waals surface area contributed by atoms with E-state index in [9.17, 15) is 5.11 Å². The van der Waals surface area contributed by atoms with Gasteiger partial charge in [-0.2, -0.15) is 5.10 Å². The Hall–Kier alpha value is -1.89. The summed E-state index contributed by atoms with van der Waals surface area (Å²) in [5, 5.41) is 14.8. The van der Waals surface area contributed by atoms with Gasteiger partial charge in [-0.05, 0) is 26.0 Å². The first-order valence-electron chi connectivity index (χ1n) is 7.01. The minimum Gasteiger partial charge on any atom is -0.385 e. The number of aliphatic hydroxyl groups excluding tert-OH is 1. The largest absolute Gasteiger partial charge is 0.385 e. The summed E-state index contributed by atoms with van der Waals surface area (Å²) in [7, 11) is 0. The van der Waals surface area contributed by atoms with Gasteiger partial charge in [0, 0.05) is 0 Å². The molecule has 23 heavy (non-hydrogen) atoms. The van der Waals surface area contributed by atoms with Crippen molar-refractivity contribution < 1.29 is 5.11 Å². The molecule has 0 radical (unpaired) electrons. The molecule has 0 saturated carbocycles. The monoisotopic (exact) mass is 351 g/mol. The minimum absolute atomic E-state index is 0. The molecule has 0 aliphatic carbocycles. The van der Waals surface area contributed by atoms with E-state index in [0.717, 1.165) is 22.6 Å². The summed E-state index contributed by atoms with van der Waals surface area (Å²) >= 11 is 6.43. The number of nitrogens with zero attached hydrogens (tertiary/aromatic N) is 5. The Balaban J connectivity index is 0.00000156. The van der Waals surface area contributed by atoms with Gasteiger partial charge in [-0.1, -0.05) is 17.7 Å². The van der Waals surface area contributed by atoms with Crippen LogP contribution in [0.2, 0.25) is 5.02 Å². The molecule has 4 rings (SSSR count). The molecule has 1 aliphatic heterocycles. The Bertz CT molecular complexity index is 884. The average Bonchev–Trinajstić information content (AvgIpc) is 3.01. The van der Waals surface area contributed by atoms with Crippen LogP contribution < -0.4 is 0 Å². The minimum atomic E-state index is -0.726. The second kappa shape index (κ2) is 5.63. The summed E-state index contributed by atoms with van der Waals surface area (Å²) in [5.41, 5.74) is 3.70. The smallest absolute Gasteiger partial charge is 0.179 e. The Morgan fingerprint density at radius 2 is 2.13 bits per heavy atom. The van der Waals surface area contributed by atoms with Crippen molar-refractivity contribution in [1.82, 2.24) is 24.3 Å². The van der Waals surface area contributed by atoms with E-state index in [-0.39, 0.29) is 12.4 Å². The highest BCUT2D eigenvalue weighted by atomic mass is 35.5. The van der Waals surface area contributed by atoms with Gasteiger partial charge in [-0.25, -0.2) is 14.6 Å². The molecule has 0 fully saturated rings. The maximum Gasteiger partial charge on any atom is 0.179 e. The molecule has 3 heterocycles. The van der Waals surface area contributed by atoms with E-state index >= 15 is 0 Å². The highest BCUT2D eigenvalue weighted by Gasteiger charge is 2.26. The number of benzene rings is 1. The van der Waals surface area contributed by atoms with Crippen LogP contribution in [0.15, 0.2) is 24.5 Å². The van der Waals surface area contributed by atoms with Crippen molar-refractivity contribution in [1.29, 1.82) is 0 Å². The van der Waals surface area contributed by atoms with Crippen molar-refractivity contribution in [2.24, 2.45) is 0 Å². The van der Waals surface area contributed by atoms with Crippen LogP contribution in [0, 0.1) is 6.92 Å². The van der Waals surface area contributed by atoms with Crippen LogP contribution in [-0.4, -0.2) is 29.4 Å². The normalized spacial score (nSPS) is 13.4. The third-order valence-electron chi connectivity index (χ3n) is 3.91. The molecular formula is C15H15Cl2N5O. The van der Waals surface area contributed by atoms with Crippen LogP contribution in [0.3, 0.4) is 0 Å². The molecule has 0 bridgehead atoms. The molecule has 120 valence electrons. The van der Waals surface area contributed by atoms with Crippen LogP contribution >= 0.6 is 24.0 Å². The number of aryl methyl sites for hydroxylation is 1. The fraction of sp³-hybridized carbons (Fsp3) is 0.267. The van der Waals surface area contributed by atoms with Gasteiger partial charge in [-0.15, -0.1) is 12.4 Å². The predicted molar refractivity (Wildman–Crippen MR) is 89.3 cm³/mol. The van der Waals surface area contributed by atoms with Gasteiger partial charge >= 0.3 is 0 Å². The molecule has 1 aromatic carbocycles. The molecule has 1 aliphatic rings. The molecule has 8 heteroatoms. The first-order valence-corrected chi connectivity index (χ1v) is 7.39. The van der Waals surface area contributed by atoms with Crippen molar-refractivity contribution >= 4 is 24.0 Å². The molecule has 0 spiro atoms. The summed E-state index contributed by atoms with van der Waals surface area (Å²) in [4.78, 5) is 8.88. The van der Waals surface area contributed by atoms with Crippen LogP contribution in [0.5, 0.6) is 0 Å². The first-order chi connectivity index (χ1) is 10.6. The third-order valence-corrected chi connectivity index (χ3v) is 4.23. The van der Waals surface area contributed by atoms with Gasteiger partial charge in [0.05, 0.1) is 40.5 Å². The van der Waals surface area contributed by atoms with Crippen LogP contribution in [-0.2, 0) is 6.54 Å². The fourth-order valence-corrected chi connectivity index (χ4v) is 3.02. The van der Waals surface area contributed by atoms with E-state index in [1.807, 2.05) is 29.7 Å². The second-order valence-corrected chi connectivity index (χ2v) is 5.82. The zero-order valence-corrected chi connectivity index (χ0v) is 14.1. The van der Waals surface area contributed by atoms with Gasteiger partial charge < -0.3 is 9.67 Å². The lowest BCUT2D eigenvalue weighted by Crippen LogP contribution is -2.06. The summed E-state index contributed by atoms with van der Waals surface area (Å²) in [6.45, 7) is 4.15. The molecule has 0 saturated heterocycles. The number of hydrogen-bond acceptors (Lipinski definition) is 4. The first kappa shape index (κ1) is 16.0. The van der Waals surface area contributed by atoms with E-state index < -0.39 is 6.10 Å². The van der Waals surface area contributed by atoms with Crippen molar-refractivity contribution in [2.45, 2.75) is 26.5 Å². The third kappa shape index (κ3) is 2.34. The number of fused-ring (bicyclic) bond motifs is 5. The van der Waals surface area contributed by atoms with E-state index in [4.69, 9.17) is 11.6 Å². The van der Waals surface area contributed by atoms with Crippen LogP contribution in [0.25, 0.3) is 17.1 Å². The maximum absolute atomic E-state index is 9.78. The number of imidazole rings is 1. The Kier molecular flexibility index (Phi) is 3.91. The molecule has 0 amide bonds. The standard InChI is InChI=1S/C15H14ClN5O.ClH/c1-8-12-6-21-15(18-14(19-21)9(2)22)13-10(16)4-3-5-11(13)20(12)7-17-8;/h3-5,7,9,22H,6H2,1-2H3;1H. The maximum atomic E-state index is 9.78. The number of rotatable bonds is 1. The van der Waals surface area contributed by atoms with E-state index in [1.165, 1.54) is 0 Å². The van der Waals surface area contributed by atoms with Crippen molar-refractivity contribution in [3.05, 3.63) is 46.8 Å². The highest BCUT2D eigenvalue weighted by Crippen LogP contribution is 2.36. The van der Waals surface area contributed by atoms with Gasteiger partial charge in [0.25, 0.3) is 0 Å². The predicted octanol–water partition coefficient (Wildman–Crippen LogP) is 2.93. The molecule has 1 atom stereocenters. The van der Waals surface area contributed by atoms with Gasteiger partial charge in [-0.3, -0.25) is 0 Å². The number of halogens is 2. The molecule has 1 unspecified atom stereocenters. The average molecular weight is 352 g/mol. The van der Waals surface area contributed by atoms with E-state index in [1.54, 1.807) is 17.9 Å².